The molecule has 0 atom stereocenters. The number of anilines is 1. The SMILES string of the molecule is COCCn1c(-c2ccc(C(C)C)cc2)nc2c(Br)c(COc3ccccc3NC(C)=O)cc(OC)c21. The van der Waals surface area contributed by atoms with Gasteiger partial charge in [-0.3, -0.25) is 4.79 Å². The number of methoxy groups -OCH3 is 2. The first-order valence-corrected chi connectivity index (χ1v) is 13.0. The van der Waals surface area contributed by atoms with E-state index < -0.39 is 0 Å². The topological polar surface area (TPSA) is 74.6 Å². The number of nitrogens with zero attached hydrogens (tertiary/aromatic N) is 2. The highest BCUT2D eigenvalue weighted by Crippen LogP contribution is 2.39. The number of halogens is 1. The van der Waals surface area contributed by atoms with Crippen LogP contribution in [0.4, 0.5) is 5.69 Å². The number of fused-ring (bicyclic) bond motifs is 1. The number of amides is 1. The molecule has 1 aromatic heterocycles. The third-order valence-corrected chi connectivity index (χ3v) is 7.04. The normalized spacial score (nSPS) is 11.2. The molecule has 0 saturated heterocycles. The summed E-state index contributed by atoms with van der Waals surface area (Å²) >= 11 is 3.78. The summed E-state index contributed by atoms with van der Waals surface area (Å²) < 4.78 is 20.3. The standard InChI is InChI=1S/C29H32BrN3O4/c1-18(2)20-10-12-21(13-11-20)29-32-27-26(30)22(16-25(36-5)28(27)33(29)14-15-35-4)17-37-24-9-7-6-8-23(24)31-19(3)34/h6-13,16,18H,14-15,17H2,1-5H3,(H,31,34). The van der Waals surface area contributed by atoms with Gasteiger partial charge in [0.2, 0.25) is 5.91 Å². The number of carbonyl (C=O) groups is 1. The average Bonchev–Trinajstić information content (AvgIpc) is 3.27. The maximum absolute atomic E-state index is 11.6. The maximum atomic E-state index is 11.6. The molecule has 0 bridgehead atoms. The van der Waals surface area contributed by atoms with Crippen LogP contribution in [-0.2, 0) is 22.7 Å². The van der Waals surface area contributed by atoms with Crippen molar-refractivity contribution in [2.24, 2.45) is 0 Å². The Morgan fingerprint density at radius 2 is 1.81 bits per heavy atom. The van der Waals surface area contributed by atoms with Crippen LogP contribution in [0.2, 0.25) is 0 Å². The largest absolute Gasteiger partial charge is 0.494 e. The number of hydrogen-bond donors (Lipinski definition) is 1. The summed E-state index contributed by atoms with van der Waals surface area (Å²) in [6.07, 6.45) is 0. The van der Waals surface area contributed by atoms with Gasteiger partial charge in [0.1, 0.15) is 35.0 Å². The third-order valence-electron chi connectivity index (χ3n) is 6.15. The van der Waals surface area contributed by atoms with Crippen molar-refractivity contribution in [3.63, 3.8) is 0 Å². The van der Waals surface area contributed by atoms with Crippen LogP contribution in [0.3, 0.4) is 0 Å². The maximum Gasteiger partial charge on any atom is 0.221 e. The lowest BCUT2D eigenvalue weighted by atomic mass is 10.0. The Hall–Kier alpha value is -3.36. The number of ether oxygens (including phenoxy) is 3. The zero-order valence-electron chi connectivity index (χ0n) is 21.8. The number of imidazole rings is 1. The van der Waals surface area contributed by atoms with Crippen LogP contribution in [0.25, 0.3) is 22.4 Å². The van der Waals surface area contributed by atoms with Gasteiger partial charge in [-0.25, -0.2) is 4.98 Å². The molecule has 0 aliphatic carbocycles. The molecule has 0 unspecified atom stereocenters. The Balaban J connectivity index is 1.77. The Bertz CT molecular complexity index is 1400. The summed E-state index contributed by atoms with van der Waals surface area (Å²) in [6.45, 7) is 7.25. The first kappa shape index (κ1) is 26.7. The van der Waals surface area contributed by atoms with Crippen molar-refractivity contribution < 1.29 is 19.0 Å². The fraction of sp³-hybridized carbons (Fsp3) is 0.310. The molecule has 37 heavy (non-hydrogen) atoms. The molecule has 1 amide bonds. The highest BCUT2D eigenvalue weighted by Gasteiger charge is 2.22. The molecule has 3 aromatic carbocycles. The minimum absolute atomic E-state index is 0.157. The molecule has 194 valence electrons. The fourth-order valence-corrected chi connectivity index (χ4v) is 4.74. The van der Waals surface area contributed by atoms with Crippen LogP contribution in [0.5, 0.6) is 11.5 Å². The molecule has 0 aliphatic heterocycles. The van der Waals surface area contributed by atoms with Crippen molar-refractivity contribution >= 4 is 38.6 Å². The quantitative estimate of drug-likeness (QED) is 0.229. The van der Waals surface area contributed by atoms with Crippen LogP contribution < -0.4 is 14.8 Å². The highest BCUT2D eigenvalue weighted by atomic mass is 79.9. The van der Waals surface area contributed by atoms with Gasteiger partial charge in [0, 0.05) is 31.7 Å². The van der Waals surface area contributed by atoms with Gasteiger partial charge in [-0.15, -0.1) is 0 Å². The van der Waals surface area contributed by atoms with Gasteiger partial charge < -0.3 is 24.1 Å². The van der Waals surface area contributed by atoms with E-state index in [9.17, 15) is 4.79 Å². The number of aromatic nitrogens is 2. The van der Waals surface area contributed by atoms with Gasteiger partial charge in [0.25, 0.3) is 0 Å². The average molecular weight is 566 g/mol. The molecule has 1 heterocycles. The van der Waals surface area contributed by atoms with E-state index in [1.54, 1.807) is 14.2 Å². The summed E-state index contributed by atoms with van der Waals surface area (Å²) in [4.78, 5) is 16.7. The van der Waals surface area contributed by atoms with Gasteiger partial charge >= 0.3 is 0 Å². The van der Waals surface area contributed by atoms with Crippen LogP contribution in [-0.4, -0.2) is 36.3 Å². The van der Waals surface area contributed by atoms with Crippen molar-refractivity contribution in [1.82, 2.24) is 9.55 Å². The summed E-state index contributed by atoms with van der Waals surface area (Å²) in [7, 11) is 3.35. The van der Waals surface area contributed by atoms with E-state index in [0.29, 0.717) is 36.3 Å². The van der Waals surface area contributed by atoms with E-state index in [2.05, 4.69) is 63.9 Å². The molecular weight excluding hydrogens is 534 g/mol. The first-order valence-electron chi connectivity index (χ1n) is 12.2. The Morgan fingerprint density at radius 1 is 1.08 bits per heavy atom. The Kier molecular flexibility index (Phi) is 8.51. The smallest absolute Gasteiger partial charge is 0.221 e. The lowest BCUT2D eigenvalue weighted by Gasteiger charge is -2.15. The molecule has 0 radical (unpaired) electrons. The Labute approximate surface area is 225 Å². The second-order valence-electron chi connectivity index (χ2n) is 9.07. The zero-order chi connectivity index (χ0) is 26.5. The van der Waals surface area contributed by atoms with Crippen LogP contribution in [0, 0.1) is 0 Å². The molecule has 7 nitrogen and oxygen atoms in total. The molecule has 0 saturated carbocycles. The number of benzene rings is 3. The van der Waals surface area contributed by atoms with Gasteiger partial charge in [-0.1, -0.05) is 50.2 Å². The van der Waals surface area contributed by atoms with E-state index in [0.717, 1.165) is 32.5 Å². The lowest BCUT2D eigenvalue weighted by molar-refractivity contribution is -0.114. The van der Waals surface area contributed by atoms with E-state index >= 15 is 0 Å². The number of hydrogen-bond acceptors (Lipinski definition) is 5. The number of carbonyl (C=O) groups excluding carboxylic acids is 1. The first-order chi connectivity index (χ1) is 17.8. The second-order valence-corrected chi connectivity index (χ2v) is 9.86. The molecule has 0 fully saturated rings. The minimum atomic E-state index is -0.157. The molecule has 0 aliphatic rings. The van der Waals surface area contributed by atoms with Crippen LogP contribution >= 0.6 is 15.9 Å². The molecule has 0 spiro atoms. The summed E-state index contributed by atoms with van der Waals surface area (Å²) in [6, 6.07) is 17.8. The predicted octanol–water partition coefficient (Wildman–Crippen LogP) is 6.78. The predicted molar refractivity (Wildman–Crippen MR) is 150 cm³/mol. The van der Waals surface area contributed by atoms with Gasteiger partial charge in [-0.05, 0) is 45.6 Å². The molecule has 4 rings (SSSR count). The van der Waals surface area contributed by atoms with Gasteiger partial charge in [0.05, 0.1) is 23.9 Å². The monoisotopic (exact) mass is 565 g/mol. The number of nitrogens with one attached hydrogen (secondary N) is 1. The van der Waals surface area contributed by atoms with E-state index in [4.69, 9.17) is 19.2 Å². The van der Waals surface area contributed by atoms with E-state index in [-0.39, 0.29) is 12.5 Å². The highest BCUT2D eigenvalue weighted by molar-refractivity contribution is 9.10. The number of rotatable bonds is 10. The summed E-state index contributed by atoms with van der Waals surface area (Å²) in [5, 5.41) is 2.81. The van der Waals surface area contributed by atoms with Crippen molar-refractivity contribution in [1.29, 1.82) is 0 Å². The van der Waals surface area contributed by atoms with Crippen LogP contribution in [0.15, 0.2) is 59.1 Å². The van der Waals surface area contributed by atoms with Crippen molar-refractivity contribution in [3.05, 3.63) is 70.2 Å². The molecule has 1 N–H and O–H groups in total. The fourth-order valence-electron chi connectivity index (χ4n) is 4.24. The minimum Gasteiger partial charge on any atom is -0.494 e. The molecule has 4 aromatic rings. The molecule has 8 heteroatoms. The summed E-state index contributed by atoms with van der Waals surface area (Å²) in [5.41, 5.74) is 5.47. The second kappa shape index (κ2) is 11.8. The van der Waals surface area contributed by atoms with Crippen molar-refractivity contribution in [2.45, 2.75) is 39.8 Å². The third kappa shape index (κ3) is 5.81. The number of para-hydroxylation sites is 2. The lowest BCUT2D eigenvalue weighted by Crippen LogP contribution is -2.08. The van der Waals surface area contributed by atoms with E-state index in [1.807, 2.05) is 30.3 Å². The summed E-state index contributed by atoms with van der Waals surface area (Å²) in [5.74, 6) is 2.42. The van der Waals surface area contributed by atoms with Gasteiger partial charge in [-0.2, -0.15) is 0 Å². The molecular formula is C29H32BrN3O4. The Morgan fingerprint density at radius 3 is 2.46 bits per heavy atom. The van der Waals surface area contributed by atoms with Crippen LogP contribution in [0.1, 0.15) is 37.8 Å². The van der Waals surface area contributed by atoms with Gasteiger partial charge in [0.15, 0.2) is 0 Å². The van der Waals surface area contributed by atoms with Crippen molar-refractivity contribution in [3.8, 4) is 22.9 Å². The van der Waals surface area contributed by atoms with Crippen molar-refractivity contribution in [2.75, 3.05) is 26.1 Å². The zero-order valence-corrected chi connectivity index (χ0v) is 23.4. The van der Waals surface area contributed by atoms with E-state index in [1.165, 1.54) is 12.5 Å².